The van der Waals surface area contributed by atoms with Gasteiger partial charge in [0.1, 0.15) is 17.2 Å². The number of ether oxygens (including phenoxy) is 2. The molecule has 2 N–H and O–H groups in total. The quantitative estimate of drug-likeness (QED) is 0.151. The van der Waals surface area contributed by atoms with E-state index in [9.17, 15) is 35.8 Å². The molecule has 4 aromatic rings. The van der Waals surface area contributed by atoms with Crippen LogP contribution in [0, 0.1) is 0 Å². The Bertz CT molecular complexity index is 1550. The molecule has 0 saturated heterocycles. The van der Waals surface area contributed by atoms with E-state index in [4.69, 9.17) is 16.3 Å². The molecule has 2 atom stereocenters. The third kappa shape index (κ3) is 8.22. The summed E-state index contributed by atoms with van der Waals surface area (Å²) in [5, 5.41) is 13.9. The van der Waals surface area contributed by atoms with Crippen molar-refractivity contribution in [3.8, 4) is 17.2 Å². The molecular formula is C32H27ClF7NO3. The van der Waals surface area contributed by atoms with Gasteiger partial charge in [-0.05, 0) is 83.3 Å². The molecule has 234 valence electrons. The van der Waals surface area contributed by atoms with Crippen LogP contribution in [0.1, 0.15) is 46.8 Å². The van der Waals surface area contributed by atoms with Crippen LogP contribution in [0.4, 0.5) is 30.7 Å². The summed E-state index contributed by atoms with van der Waals surface area (Å²) < 4.78 is 103. The second kappa shape index (κ2) is 13.9. The lowest BCUT2D eigenvalue weighted by Gasteiger charge is -2.27. The fraction of sp³-hybridized carbons (Fsp3) is 0.250. The van der Waals surface area contributed by atoms with Crippen molar-refractivity contribution in [2.75, 3.05) is 6.61 Å². The van der Waals surface area contributed by atoms with E-state index >= 15 is 0 Å². The van der Waals surface area contributed by atoms with Crippen LogP contribution < -0.4 is 14.8 Å². The maximum atomic E-state index is 13.7. The van der Waals surface area contributed by atoms with Crippen molar-refractivity contribution in [1.29, 1.82) is 0 Å². The highest BCUT2D eigenvalue weighted by molar-refractivity contribution is 6.31. The predicted molar refractivity (Wildman–Crippen MR) is 152 cm³/mol. The lowest BCUT2D eigenvalue weighted by molar-refractivity contribution is -0.253. The molecule has 0 fully saturated rings. The van der Waals surface area contributed by atoms with Crippen molar-refractivity contribution in [2.45, 2.75) is 44.1 Å². The number of hydrogen-bond donors (Lipinski definition) is 2. The number of halogens is 8. The second-order valence-electron chi connectivity index (χ2n) is 9.77. The zero-order chi connectivity index (χ0) is 32.1. The van der Waals surface area contributed by atoms with Crippen molar-refractivity contribution in [3.63, 3.8) is 0 Å². The molecule has 2 unspecified atom stereocenters. The summed E-state index contributed by atoms with van der Waals surface area (Å²) in [4.78, 5) is 0. The molecule has 0 saturated carbocycles. The van der Waals surface area contributed by atoms with E-state index in [1.807, 2.05) is 6.92 Å². The summed E-state index contributed by atoms with van der Waals surface area (Å²) >= 11 is 6.21. The van der Waals surface area contributed by atoms with Crippen LogP contribution in [-0.4, -0.2) is 24.2 Å². The molecule has 4 rings (SSSR count). The van der Waals surface area contributed by atoms with Gasteiger partial charge < -0.3 is 14.6 Å². The van der Waals surface area contributed by atoms with Gasteiger partial charge in [0.05, 0.1) is 24.3 Å². The van der Waals surface area contributed by atoms with Gasteiger partial charge in [0.15, 0.2) is 0 Å². The Kier molecular flexibility index (Phi) is 10.4. The van der Waals surface area contributed by atoms with Crippen LogP contribution >= 0.6 is 11.6 Å². The highest BCUT2D eigenvalue weighted by Gasteiger charge is 2.44. The Morgan fingerprint density at radius 3 is 1.93 bits per heavy atom. The molecule has 4 nitrogen and oxygen atoms in total. The minimum absolute atomic E-state index is 0.273. The summed E-state index contributed by atoms with van der Waals surface area (Å²) in [6, 6.07) is 19.2. The minimum atomic E-state index is -4.75. The van der Waals surface area contributed by atoms with Gasteiger partial charge in [0.2, 0.25) is 0 Å². The van der Waals surface area contributed by atoms with Gasteiger partial charge in [0.25, 0.3) is 0 Å². The Labute approximate surface area is 254 Å². The number of nitrogens with one attached hydrogen (secondary N) is 1. The zero-order valence-electron chi connectivity index (χ0n) is 23.1. The lowest BCUT2D eigenvalue weighted by atomic mass is 9.95. The number of aliphatic hydroxyl groups excluding tert-OH is 1. The van der Waals surface area contributed by atoms with E-state index in [1.165, 1.54) is 24.3 Å². The fourth-order valence-corrected chi connectivity index (χ4v) is 4.73. The van der Waals surface area contributed by atoms with Crippen molar-refractivity contribution < 1.29 is 45.3 Å². The summed E-state index contributed by atoms with van der Waals surface area (Å²) in [6.45, 7) is 1.38. The summed E-state index contributed by atoms with van der Waals surface area (Å²) in [6.07, 6.45) is -12.7. The van der Waals surface area contributed by atoms with Gasteiger partial charge in [0, 0.05) is 5.02 Å². The zero-order valence-corrected chi connectivity index (χ0v) is 23.8. The number of rotatable bonds is 12. The largest absolute Gasteiger partial charge is 0.461 e. The lowest BCUT2D eigenvalue weighted by Crippen LogP contribution is -2.33. The summed E-state index contributed by atoms with van der Waals surface area (Å²) in [7, 11) is 0. The Morgan fingerprint density at radius 2 is 1.36 bits per heavy atom. The molecule has 0 aliphatic rings. The highest BCUT2D eigenvalue weighted by atomic mass is 35.5. The second-order valence-corrected chi connectivity index (χ2v) is 10.2. The molecule has 0 amide bonds. The van der Waals surface area contributed by atoms with E-state index in [1.54, 1.807) is 42.5 Å². The fourth-order valence-electron chi connectivity index (χ4n) is 4.48. The number of aliphatic hydroxyl groups is 1. The van der Waals surface area contributed by atoms with E-state index < -0.39 is 48.7 Å². The Hall–Kier alpha value is -3.80. The molecule has 0 spiro atoms. The smallest absolute Gasteiger partial charge is 0.457 e. The number of benzene rings is 4. The molecule has 0 aliphatic heterocycles. The first kappa shape index (κ1) is 33.1. The third-order valence-corrected chi connectivity index (χ3v) is 7.08. The standard InChI is InChI=1S/C32H27ClF7NO3/c1-2-19-15-25(13-14-27(19)33)43-24-7-3-5-21(16-24)29(22-6-4-8-26(17-22)44-32(39,40)30(34)35)41-28(18-42)20-9-11-23(12-10-20)31(36,37)38/h3-17,28-30,41-42H,2,18H2,1H3. The normalized spacial score (nSPS) is 13.5. The molecular weight excluding hydrogens is 615 g/mol. The van der Waals surface area contributed by atoms with E-state index in [-0.39, 0.29) is 5.56 Å². The molecule has 4 aromatic carbocycles. The summed E-state index contributed by atoms with van der Waals surface area (Å²) in [5.41, 5.74) is 1.06. The van der Waals surface area contributed by atoms with Gasteiger partial charge in [-0.2, -0.15) is 30.7 Å². The van der Waals surface area contributed by atoms with Crippen LogP contribution in [0.3, 0.4) is 0 Å². The number of aryl methyl sites for hydroxylation is 1. The van der Waals surface area contributed by atoms with Crippen molar-refractivity contribution >= 4 is 11.6 Å². The van der Waals surface area contributed by atoms with E-state index in [0.29, 0.717) is 34.1 Å². The van der Waals surface area contributed by atoms with Crippen molar-refractivity contribution in [1.82, 2.24) is 5.32 Å². The van der Waals surface area contributed by atoms with Crippen molar-refractivity contribution in [2.24, 2.45) is 0 Å². The molecule has 0 radical (unpaired) electrons. The van der Waals surface area contributed by atoms with Gasteiger partial charge in [-0.15, -0.1) is 0 Å². The van der Waals surface area contributed by atoms with Crippen molar-refractivity contribution in [3.05, 3.63) is 124 Å². The Morgan fingerprint density at radius 1 is 0.773 bits per heavy atom. The Balaban J connectivity index is 1.72. The minimum Gasteiger partial charge on any atom is -0.457 e. The summed E-state index contributed by atoms with van der Waals surface area (Å²) in [5.74, 6) is 0.330. The number of alkyl halides is 7. The van der Waals surface area contributed by atoms with E-state index in [0.717, 1.165) is 29.8 Å². The van der Waals surface area contributed by atoms with Crippen LogP contribution in [-0.2, 0) is 12.6 Å². The first-order valence-corrected chi connectivity index (χ1v) is 13.7. The van der Waals surface area contributed by atoms with Crippen LogP contribution in [0.2, 0.25) is 5.02 Å². The van der Waals surface area contributed by atoms with Crippen LogP contribution in [0.5, 0.6) is 17.2 Å². The first-order valence-electron chi connectivity index (χ1n) is 13.4. The maximum absolute atomic E-state index is 13.7. The molecule has 0 aromatic heterocycles. The molecule has 0 bridgehead atoms. The predicted octanol–water partition coefficient (Wildman–Crippen LogP) is 9.36. The average Bonchev–Trinajstić information content (AvgIpc) is 2.98. The van der Waals surface area contributed by atoms with Crippen LogP contribution in [0.25, 0.3) is 0 Å². The molecule has 0 heterocycles. The average molecular weight is 642 g/mol. The topological polar surface area (TPSA) is 50.7 Å². The molecule has 44 heavy (non-hydrogen) atoms. The monoisotopic (exact) mass is 641 g/mol. The van der Waals surface area contributed by atoms with Gasteiger partial charge in [-0.25, -0.2) is 0 Å². The molecule has 0 aliphatic carbocycles. The van der Waals surface area contributed by atoms with Gasteiger partial charge >= 0.3 is 18.7 Å². The maximum Gasteiger partial charge on any atom is 0.461 e. The van der Waals surface area contributed by atoms with Crippen LogP contribution in [0.15, 0.2) is 91.0 Å². The van der Waals surface area contributed by atoms with E-state index in [2.05, 4.69) is 10.1 Å². The van der Waals surface area contributed by atoms with Gasteiger partial charge in [-0.3, -0.25) is 5.32 Å². The molecule has 12 heteroatoms. The first-order chi connectivity index (χ1) is 20.8. The highest BCUT2D eigenvalue weighted by Crippen LogP contribution is 2.35. The third-order valence-electron chi connectivity index (χ3n) is 6.72. The van der Waals surface area contributed by atoms with Gasteiger partial charge in [-0.1, -0.05) is 54.9 Å². The number of hydrogen-bond acceptors (Lipinski definition) is 4. The SMILES string of the molecule is CCc1cc(Oc2cccc(C(NC(CO)c3ccc(C(F)(F)F)cc3)c3cccc(OC(F)(F)C(F)F)c3)c2)ccc1Cl.